The number of aryl methyl sites for hydroxylation is 1. The number of piperidine rings is 1. The van der Waals surface area contributed by atoms with Crippen molar-refractivity contribution in [2.45, 2.75) is 32.2 Å². The van der Waals surface area contributed by atoms with Gasteiger partial charge in [0.1, 0.15) is 0 Å². The summed E-state index contributed by atoms with van der Waals surface area (Å²) >= 11 is 0. The molecule has 6 heteroatoms. The summed E-state index contributed by atoms with van der Waals surface area (Å²) in [5.74, 6) is 0.0792. The zero-order chi connectivity index (χ0) is 16.2. The molecule has 1 fully saturated rings. The lowest BCUT2D eigenvalue weighted by Gasteiger charge is -2.35. The maximum atomic E-state index is 12.9. The number of carbonyl (C=O) groups is 1. The van der Waals surface area contributed by atoms with Crippen LogP contribution in [0.3, 0.4) is 0 Å². The second-order valence-electron chi connectivity index (χ2n) is 6.13. The molecule has 1 aliphatic rings. The summed E-state index contributed by atoms with van der Waals surface area (Å²) in [6.45, 7) is 3.37. The first-order valence-electron chi connectivity index (χ1n) is 8.24. The molecule has 1 atom stereocenters. The Morgan fingerprint density at radius 2 is 2.04 bits per heavy atom. The lowest BCUT2D eigenvalue weighted by atomic mass is 9.99. The number of likely N-dealkylation sites (tertiary alicyclic amines) is 1. The number of rotatable bonds is 3. The summed E-state index contributed by atoms with van der Waals surface area (Å²) in [5.41, 5.74) is 9.58. The SMILES string of the molecule is Cc1cccnc1-c1cccc(C(=O)N2CCCCC2CN)c1.Cl.Cl. The van der Waals surface area contributed by atoms with E-state index in [0.29, 0.717) is 12.1 Å². The van der Waals surface area contributed by atoms with Crippen LogP contribution in [0.25, 0.3) is 11.3 Å². The molecular formula is C19H25Cl2N3O. The molecule has 136 valence electrons. The van der Waals surface area contributed by atoms with Gasteiger partial charge in [-0.05, 0) is 49.9 Å². The molecular weight excluding hydrogens is 357 g/mol. The van der Waals surface area contributed by atoms with Crippen LogP contribution in [0, 0.1) is 6.92 Å². The van der Waals surface area contributed by atoms with Crippen LogP contribution in [-0.4, -0.2) is 34.9 Å². The Morgan fingerprint density at radius 3 is 2.76 bits per heavy atom. The van der Waals surface area contributed by atoms with Crippen LogP contribution in [0.4, 0.5) is 0 Å². The van der Waals surface area contributed by atoms with E-state index in [9.17, 15) is 4.79 Å². The molecule has 1 unspecified atom stereocenters. The summed E-state index contributed by atoms with van der Waals surface area (Å²) < 4.78 is 0. The fraction of sp³-hybridized carbons (Fsp3) is 0.368. The second kappa shape index (κ2) is 9.76. The van der Waals surface area contributed by atoms with Gasteiger partial charge in [-0.1, -0.05) is 18.2 Å². The molecule has 1 aromatic heterocycles. The third-order valence-electron chi connectivity index (χ3n) is 4.55. The predicted octanol–water partition coefficient (Wildman–Crippen LogP) is 3.85. The van der Waals surface area contributed by atoms with Gasteiger partial charge >= 0.3 is 0 Å². The molecule has 0 aliphatic carbocycles. The van der Waals surface area contributed by atoms with Crippen LogP contribution in [0.2, 0.25) is 0 Å². The van der Waals surface area contributed by atoms with Crippen molar-refractivity contribution in [3.8, 4) is 11.3 Å². The fourth-order valence-electron chi connectivity index (χ4n) is 3.27. The predicted molar refractivity (Wildman–Crippen MR) is 107 cm³/mol. The minimum atomic E-state index is 0. The van der Waals surface area contributed by atoms with E-state index in [2.05, 4.69) is 4.98 Å². The number of nitrogens with two attached hydrogens (primary N) is 1. The molecule has 2 N–H and O–H groups in total. The monoisotopic (exact) mass is 381 g/mol. The van der Waals surface area contributed by atoms with Gasteiger partial charge in [-0.3, -0.25) is 9.78 Å². The van der Waals surface area contributed by atoms with Crippen LogP contribution >= 0.6 is 24.8 Å². The maximum Gasteiger partial charge on any atom is 0.254 e. The summed E-state index contributed by atoms with van der Waals surface area (Å²) in [7, 11) is 0. The Morgan fingerprint density at radius 1 is 1.24 bits per heavy atom. The van der Waals surface area contributed by atoms with E-state index >= 15 is 0 Å². The molecule has 1 amide bonds. The van der Waals surface area contributed by atoms with Gasteiger partial charge in [-0.2, -0.15) is 0 Å². The summed E-state index contributed by atoms with van der Waals surface area (Å²) in [4.78, 5) is 19.3. The smallest absolute Gasteiger partial charge is 0.254 e. The first-order valence-corrected chi connectivity index (χ1v) is 8.24. The maximum absolute atomic E-state index is 12.9. The van der Waals surface area contributed by atoms with E-state index in [1.54, 1.807) is 6.20 Å². The minimum absolute atomic E-state index is 0. The lowest BCUT2D eigenvalue weighted by Crippen LogP contribution is -2.47. The Bertz CT molecular complexity index is 709. The van der Waals surface area contributed by atoms with Crippen molar-refractivity contribution in [2.24, 2.45) is 5.73 Å². The van der Waals surface area contributed by atoms with Crippen LogP contribution in [0.5, 0.6) is 0 Å². The molecule has 3 rings (SSSR count). The molecule has 1 saturated heterocycles. The summed E-state index contributed by atoms with van der Waals surface area (Å²) in [6, 6.07) is 11.9. The molecule has 4 nitrogen and oxygen atoms in total. The largest absolute Gasteiger partial charge is 0.334 e. The average molecular weight is 382 g/mol. The highest BCUT2D eigenvalue weighted by atomic mass is 35.5. The van der Waals surface area contributed by atoms with E-state index in [4.69, 9.17) is 5.73 Å². The number of carbonyl (C=O) groups excluding carboxylic acids is 1. The Kier molecular flexibility index (Phi) is 8.36. The number of hydrogen-bond acceptors (Lipinski definition) is 3. The van der Waals surface area contributed by atoms with Crippen molar-refractivity contribution < 1.29 is 4.79 Å². The number of pyridine rings is 1. The highest BCUT2D eigenvalue weighted by Crippen LogP contribution is 2.24. The summed E-state index contributed by atoms with van der Waals surface area (Å²) in [6.07, 6.45) is 4.99. The molecule has 1 aromatic carbocycles. The highest BCUT2D eigenvalue weighted by molar-refractivity contribution is 5.95. The van der Waals surface area contributed by atoms with Gasteiger partial charge in [0.15, 0.2) is 0 Å². The second-order valence-corrected chi connectivity index (χ2v) is 6.13. The molecule has 2 aromatic rings. The topological polar surface area (TPSA) is 59.2 Å². The quantitative estimate of drug-likeness (QED) is 0.877. The van der Waals surface area contributed by atoms with Crippen molar-refractivity contribution in [1.29, 1.82) is 0 Å². The number of amides is 1. The number of benzene rings is 1. The van der Waals surface area contributed by atoms with Crippen molar-refractivity contribution in [1.82, 2.24) is 9.88 Å². The van der Waals surface area contributed by atoms with Gasteiger partial charge in [-0.25, -0.2) is 0 Å². The average Bonchev–Trinajstić information content (AvgIpc) is 2.61. The van der Waals surface area contributed by atoms with E-state index in [1.807, 2.05) is 48.2 Å². The first-order chi connectivity index (χ1) is 11.2. The van der Waals surface area contributed by atoms with E-state index in [-0.39, 0.29) is 36.8 Å². The van der Waals surface area contributed by atoms with Gasteiger partial charge < -0.3 is 10.6 Å². The van der Waals surface area contributed by atoms with Crippen LogP contribution in [0.1, 0.15) is 35.2 Å². The molecule has 2 heterocycles. The van der Waals surface area contributed by atoms with Gasteiger partial charge in [-0.15, -0.1) is 24.8 Å². The standard InChI is InChI=1S/C19H23N3O.2ClH/c1-14-6-5-10-21-18(14)15-7-4-8-16(12-15)19(23)22-11-3-2-9-17(22)13-20;;/h4-8,10,12,17H,2-3,9,11,13,20H2,1H3;2*1H. The molecule has 0 saturated carbocycles. The van der Waals surface area contributed by atoms with Gasteiger partial charge in [0.05, 0.1) is 5.69 Å². The number of halogens is 2. The Hall–Kier alpha value is -1.62. The number of nitrogens with zero attached hydrogens (tertiary/aromatic N) is 2. The Labute approximate surface area is 161 Å². The number of aromatic nitrogens is 1. The van der Waals surface area contributed by atoms with Gasteiger partial charge in [0.25, 0.3) is 5.91 Å². The fourth-order valence-corrected chi connectivity index (χ4v) is 3.27. The van der Waals surface area contributed by atoms with Crippen molar-refractivity contribution >= 4 is 30.7 Å². The van der Waals surface area contributed by atoms with Crippen molar-refractivity contribution in [3.05, 3.63) is 53.7 Å². The third kappa shape index (κ3) is 4.72. The van der Waals surface area contributed by atoms with Gasteiger partial charge in [0, 0.05) is 36.5 Å². The zero-order valence-electron chi connectivity index (χ0n) is 14.4. The van der Waals surface area contributed by atoms with E-state index in [0.717, 1.165) is 42.6 Å². The molecule has 0 spiro atoms. The van der Waals surface area contributed by atoms with E-state index in [1.165, 1.54) is 0 Å². The minimum Gasteiger partial charge on any atom is -0.334 e. The molecule has 1 aliphatic heterocycles. The van der Waals surface area contributed by atoms with E-state index < -0.39 is 0 Å². The van der Waals surface area contributed by atoms with Crippen molar-refractivity contribution in [2.75, 3.05) is 13.1 Å². The van der Waals surface area contributed by atoms with Crippen LogP contribution in [0.15, 0.2) is 42.6 Å². The first kappa shape index (κ1) is 21.4. The molecule has 0 radical (unpaired) electrons. The van der Waals surface area contributed by atoms with Crippen molar-refractivity contribution in [3.63, 3.8) is 0 Å². The molecule has 0 bridgehead atoms. The zero-order valence-corrected chi connectivity index (χ0v) is 16.0. The Balaban J connectivity index is 0.00000156. The van der Waals surface area contributed by atoms with Crippen LogP contribution < -0.4 is 5.73 Å². The number of hydrogen-bond donors (Lipinski definition) is 1. The summed E-state index contributed by atoms with van der Waals surface area (Å²) in [5, 5.41) is 0. The lowest BCUT2D eigenvalue weighted by molar-refractivity contribution is 0.0623. The highest BCUT2D eigenvalue weighted by Gasteiger charge is 2.26. The van der Waals surface area contributed by atoms with Crippen LogP contribution in [-0.2, 0) is 0 Å². The normalized spacial score (nSPS) is 16.6. The van der Waals surface area contributed by atoms with Gasteiger partial charge in [0.2, 0.25) is 0 Å². The molecule has 25 heavy (non-hydrogen) atoms. The third-order valence-corrected chi connectivity index (χ3v) is 4.55.